The molecule has 26 heavy (non-hydrogen) atoms. The molecule has 0 unspecified atom stereocenters. The van der Waals surface area contributed by atoms with E-state index in [1.54, 1.807) is 17.5 Å². The number of nitrogens with one attached hydrogen (secondary N) is 1. The van der Waals surface area contributed by atoms with E-state index in [2.05, 4.69) is 15.3 Å². The first kappa shape index (κ1) is 16.2. The van der Waals surface area contributed by atoms with E-state index in [0.29, 0.717) is 16.2 Å². The van der Waals surface area contributed by atoms with Gasteiger partial charge in [-0.3, -0.25) is 19.0 Å². The predicted octanol–water partition coefficient (Wildman–Crippen LogP) is 2.44. The zero-order valence-corrected chi connectivity index (χ0v) is 14.4. The lowest BCUT2D eigenvalue weighted by Crippen LogP contribution is -2.27. The Hall–Kier alpha value is -3.33. The number of carbonyl (C=O) groups is 2. The van der Waals surface area contributed by atoms with Crippen LogP contribution in [0.4, 0.5) is 5.13 Å². The van der Waals surface area contributed by atoms with Gasteiger partial charge in [0.2, 0.25) is 11.5 Å². The Morgan fingerprint density at radius 2 is 2.12 bits per heavy atom. The summed E-state index contributed by atoms with van der Waals surface area (Å²) in [5.74, 6) is -0.633. The molecule has 1 N–H and O–H groups in total. The van der Waals surface area contributed by atoms with Crippen LogP contribution in [0.1, 0.15) is 17.4 Å². The quantitative estimate of drug-likeness (QED) is 0.555. The molecule has 0 fully saturated rings. The van der Waals surface area contributed by atoms with Crippen molar-refractivity contribution in [2.45, 2.75) is 13.5 Å². The Morgan fingerprint density at radius 1 is 1.31 bits per heavy atom. The van der Waals surface area contributed by atoms with Gasteiger partial charge in [-0.1, -0.05) is 12.1 Å². The fraction of sp³-hybridized carbons (Fsp3) is 0.118. The fourth-order valence-corrected chi connectivity index (χ4v) is 3.30. The Labute approximate surface area is 150 Å². The van der Waals surface area contributed by atoms with E-state index >= 15 is 0 Å². The Morgan fingerprint density at radius 3 is 2.88 bits per heavy atom. The second kappa shape index (κ2) is 6.19. The van der Waals surface area contributed by atoms with E-state index in [0.717, 1.165) is 16.7 Å². The Bertz CT molecular complexity index is 1220. The molecule has 4 aromatic rings. The number of hydrogen-bond acceptors (Lipinski definition) is 7. The number of Topliss-reactive ketones (excluding diaryl/α,β-unsaturated/α-hetero) is 1. The third-order valence-electron chi connectivity index (χ3n) is 3.78. The molecule has 0 atom stereocenters. The molecule has 0 saturated carbocycles. The SMILES string of the molecule is CC(=O)c1csc(NC(=O)Cn2cnc3c(oc4ccccc43)c2=O)n1. The summed E-state index contributed by atoms with van der Waals surface area (Å²) >= 11 is 1.14. The van der Waals surface area contributed by atoms with Gasteiger partial charge in [-0.05, 0) is 12.1 Å². The average Bonchev–Trinajstić information content (AvgIpc) is 3.22. The predicted molar refractivity (Wildman–Crippen MR) is 96.5 cm³/mol. The lowest BCUT2D eigenvalue weighted by atomic mass is 10.2. The number of furan rings is 1. The van der Waals surface area contributed by atoms with Gasteiger partial charge in [0.05, 0.1) is 6.33 Å². The summed E-state index contributed by atoms with van der Waals surface area (Å²) in [6, 6.07) is 7.21. The van der Waals surface area contributed by atoms with Crippen molar-refractivity contribution in [3.05, 3.63) is 52.0 Å². The van der Waals surface area contributed by atoms with Crippen LogP contribution in [0.3, 0.4) is 0 Å². The fourth-order valence-electron chi connectivity index (χ4n) is 2.53. The highest BCUT2D eigenvalue weighted by atomic mass is 32.1. The number of nitrogens with zero attached hydrogens (tertiary/aromatic N) is 3. The number of carbonyl (C=O) groups excluding carboxylic acids is 2. The summed E-state index contributed by atoms with van der Waals surface area (Å²) in [4.78, 5) is 44.2. The lowest BCUT2D eigenvalue weighted by molar-refractivity contribution is -0.116. The van der Waals surface area contributed by atoms with Gasteiger partial charge in [-0.15, -0.1) is 11.3 Å². The zero-order valence-electron chi connectivity index (χ0n) is 13.6. The van der Waals surface area contributed by atoms with Crippen LogP contribution < -0.4 is 10.9 Å². The molecule has 8 nitrogen and oxygen atoms in total. The summed E-state index contributed by atoms with van der Waals surface area (Å²) < 4.78 is 6.74. The topological polar surface area (TPSA) is 107 Å². The number of aromatic nitrogens is 3. The molecular weight excluding hydrogens is 356 g/mol. The zero-order chi connectivity index (χ0) is 18.3. The van der Waals surface area contributed by atoms with E-state index in [-0.39, 0.29) is 23.6 Å². The van der Waals surface area contributed by atoms with Crippen molar-refractivity contribution in [3.63, 3.8) is 0 Å². The van der Waals surface area contributed by atoms with E-state index in [9.17, 15) is 14.4 Å². The number of benzene rings is 1. The minimum atomic E-state index is -0.450. The van der Waals surface area contributed by atoms with E-state index in [4.69, 9.17) is 4.42 Å². The number of ketones is 1. The Balaban J connectivity index is 1.61. The monoisotopic (exact) mass is 368 g/mol. The van der Waals surface area contributed by atoms with Crippen molar-refractivity contribution in [1.82, 2.24) is 14.5 Å². The van der Waals surface area contributed by atoms with Gasteiger partial charge in [-0.25, -0.2) is 9.97 Å². The van der Waals surface area contributed by atoms with Gasteiger partial charge in [0, 0.05) is 17.7 Å². The summed E-state index contributed by atoms with van der Waals surface area (Å²) in [7, 11) is 0. The molecule has 1 amide bonds. The number of thiazole rings is 1. The van der Waals surface area contributed by atoms with Gasteiger partial charge in [-0.2, -0.15) is 0 Å². The van der Waals surface area contributed by atoms with E-state index < -0.39 is 11.5 Å². The standard InChI is InChI=1S/C17H12N4O4S/c1-9(22)11-7-26-17(19-11)20-13(23)6-21-8-18-14-10-4-2-3-5-12(10)25-15(14)16(21)24/h2-5,7-8H,6H2,1H3,(H,19,20,23). The highest BCUT2D eigenvalue weighted by Crippen LogP contribution is 2.24. The molecule has 0 spiro atoms. The summed E-state index contributed by atoms with van der Waals surface area (Å²) in [6.45, 7) is 1.16. The number of anilines is 1. The van der Waals surface area contributed by atoms with Crippen LogP contribution in [-0.2, 0) is 11.3 Å². The normalized spacial score (nSPS) is 11.1. The maximum Gasteiger partial charge on any atom is 0.297 e. The number of hydrogen-bond donors (Lipinski definition) is 1. The van der Waals surface area contributed by atoms with Crippen LogP contribution in [0.15, 0.2) is 45.2 Å². The number of para-hydroxylation sites is 1. The number of amides is 1. The molecule has 0 aliphatic carbocycles. The molecule has 3 heterocycles. The van der Waals surface area contributed by atoms with Crippen molar-refractivity contribution in [3.8, 4) is 0 Å². The van der Waals surface area contributed by atoms with Crippen molar-refractivity contribution in [2.24, 2.45) is 0 Å². The molecule has 9 heteroatoms. The third-order valence-corrected chi connectivity index (χ3v) is 4.53. The summed E-state index contributed by atoms with van der Waals surface area (Å²) in [6.07, 6.45) is 1.31. The maximum atomic E-state index is 12.6. The molecule has 0 bridgehead atoms. The highest BCUT2D eigenvalue weighted by Gasteiger charge is 2.15. The van der Waals surface area contributed by atoms with E-state index in [1.807, 2.05) is 12.1 Å². The van der Waals surface area contributed by atoms with Crippen LogP contribution in [0.25, 0.3) is 22.1 Å². The van der Waals surface area contributed by atoms with Gasteiger partial charge < -0.3 is 9.73 Å². The highest BCUT2D eigenvalue weighted by molar-refractivity contribution is 7.14. The van der Waals surface area contributed by atoms with Gasteiger partial charge >= 0.3 is 0 Å². The smallest absolute Gasteiger partial charge is 0.297 e. The third kappa shape index (κ3) is 2.78. The molecule has 130 valence electrons. The van der Waals surface area contributed by atoms with Crippen molar-refractivity contribution in [2.75, 3.05) is 5.32 Å². The van der Waals surface area contributed by atoms with Gasteiger partial charge in [0.25, 0.3) is 5.56 Å². The first-order valence-corrected chi connectivity index (χ1v) is 8.54. The van der Waals surface area contributed by atoms with Crippen molar-refractivity contribution >= 4 is 50.2 Å². The first-order chi connectivity index (χ1) is 12.5. The minimum absolute atomic E-state index is 0.106. The van der Waals surface area contributed by atoms with E-state index in [1.165, 1.54) is 17.8 Å². The second-order valence-corrected chi connectivity index (χ2v) is 6.45. The van der Waals surface area contributed by atoms with Crippen LogP contribution in [0.5, 0.6) is 0 Å². The largest absolute Gasteiger partial charge is 0.448 e. The summed E-state index contributed by atoms with van der Waals surface area (Å²) in [5.41, 5.74) is 0.981. The van der Waals surface area contributed by atoms with Crippen LogP contribution >= 0.6 is 11.3 Å². The van der Waals surface area contributed by atoms with Crippen molar-refractivity contribution in [1.29, 1.82) is 0 Å². The first-order valence-electron chi connectivity index (χ1n) is 7.66. The molecule has 0 radical (unpaired) electrons. The number of rotatable bonds is 4. The van der Waals surface area contributed by atoms with Crippen LogP contribution in [0.2, 0.25) is 0 Å². The number of fused-ring (bicyclic) bond motifs is 3. The summed E-state index contributed by atoms with van der Waals surface area (Å²) in [5, 5.41) is 5.17. The lowest BCUT2D eigenvalue weighted by Gasteiger charge is -2.04. The van der Waals surface area contributed by atoms with Crippen LogP contribution in [0, 0.1) is 0 Å². The van der Waals surface area contributed by atoms with Gasteiger partial charge in [0.1, 0.15) is 23.3 Å². The van der Waals surface area contributed by atoms with Crippen LogP contribution in [-0.4, -0.2) is 26.2 Å². The Kier molecular flexibility index (Phi) is 3.85. The molecular formula is C17H12N4O4S. The molecule has 4 rings (SSSR count). The molecule has 3 aromatic heterocycles. The average molecular weight is 368 g/mol. The minimum Gasteiger partial charge on any atom is -0.448 e. The second-order valence-electron chi connectivity index (χ2n) is 5.60. The maximum absolute atomic E-state index is 12.6. The molecule has 0 aliphatic rings. The molecule has 1 aromatic carbocycles. The molecule has 0 saturated heterocycles. The van der Waals surface area contributed by atoms with Crippen molar-refractivity contribution < 1.29 is 14.0 Å². The van der Waals surface area contributed by atoms with Gasteiger partial charge in [0.15, 0.2) is 10.9 Å². The molecule has 0 aliphatic heterocycles.